The van der Waals surface area contributed by atoms with Gasteiger partial charge in [0, 0.05) is 30.9 Å². The second kappa shape index (κ2) is 7.91. The molecular formula is C28H34N2O2. The molecule has 2 heterocycles. The third-order valence-electron chi connectivity index (χ3n) is 8.78. The number of benzene rings is 2. The predicted octanol–water partition coefficient (Wildman–Crippen LogP) is 5.85. The highest BCUT2D eigenvalue weighted by molar-refractivity contribution is 5.88. The molecule has 2 saturated heterocycles. The van der Waals surface area contributed by atoms with Gasteiger partial charge in [0.05, 0.1) is 5.56 Å². The molecule has 4 nitrogen and oxygen atoms in total. The van der Waals surface area contributed by atoms with Crippen LogP contribution in [0.3, 0.4) is 0 Å². The number of carboxylic acids is 1. The summed E-state index contributed by atoms with van der Waals surface area (Å²) in [6.45, 7) is 3.45. The van der Waals surface area contributed by atoms with Crippen molar-refractivity contribution in [2.24, 2.45) is 5.41 Å². The van der Waals surface area contributed by atoms with Crippen molar-refractivity contribution in [1.29, 1.82) is 0 Å². The molecule has 2 aliphatic carbocycles. The lowest BCUT2D eigenvalue weighted by molar-refractivity contribution is -0.0227. The fourth-order valence-corrected chi connectivity index (χ4v) is 6.78. The van der Waals surface area contributed by atoms with Gasteiger partial charge in [0.25, 0.3) is 0 Å². The Morgan fingerprint density at radius 2 is 1.56 bits per heavy atom. The third kappa shape index (κ3) is 3.63. The molecule has 32 heavy (non-hydrogen) atoms. The van der Waals surface area contributed by atoms with E-state index in [-0.39, 0.29) is 0 Å². The minimum Gasteiger partial charge on any atom is -0.478 e. The smallest absolute Gasteiger partial charge is 0.335 e. The molecule has 2 saturated carbocycles. The van der Waals surface area contributed by atoms with E-state index in [0.29, 0.717) is 17.0 Å². The van der Waals surface area contributed by atoms with Crippen LogP contribution in [0.15, 0.2) is 48.5 Å². The van der Waals surface area contributed by atoms with Crippen LogP contribution in [0.1, 0.15) is 84.8 Å². The van der Waals surface area contributed by atoms with Crippen LogP contribution >= 0.6 is 0 Å². The molecule has 0 radical (unpaired) electrons. The number of anilines is 1. The van der Waals surface area contributed by atoms with Gasteiger partial charge >= 0.3 is 5.97 Å². The fraction of sp³-hybridized carbons (Fsp3) is 0.536. The Morgan fingerprint density at radius 1 is 0.875 bits per heavy atom. The van der Waals surface area contributed by atoms with E-state index in [1.165, 1.54) is 57.9 Å². The lowest BCUT2D eigenvalue weighted by Gasteiger charge is -2.56. The van der Waals surface area contributed by atoms with Crippen LogP contribution in [0, 0.1) is 5.41 Å². The second-order valence-corrected chi connectivity index (χ2v) is 10.7. The van der Waals surface area contributed by atoms with Crippen molar-refractivity contribution in [1.82, 2.24) is 4.90 Å². The molecule has 1 spiro atoms. The average Bonchev–Trinajstić information content (AvgIpc) is 3.54. The molecule has 1 N–H and O–H groups in total. The van der Waals surface area contributed by atoms with Crippen LogP contribution in [0.2, 0.25) is 0 Å². The van der Waals surface area contributed by atoms with Gasteiger partial charge in [0.1, 0.15) is 0 Å². The first kappa shape index (κ1) is 20.3. The Balaban J connectivity index is 1.08. The monoisotopic (exact) mass is 430 g/mol. The van der Waals surface area contributed by atoms with E-state index in [4.69, 9.17) is 5.11 Å². The lowest BCUT2D eigenvalue weighted by atomic mass is 9.59. The summed E-state index contributed by atoms with van der Waals surface area (Å²) in [7, 11) is 0. The summed E-state index contributed by atoms with van der Waals surface area (Å²) < 4.78 is 0. The molecule has 1 unspecified atom stereocenters. The highest BCUT2D eigenvalue weighted by Gasteiger charge is 2.50. The minimum atomic E-state index is -0.852. The maximum atomic E-state index is 11.1. The van der Waals surface area contributed by atoms with Gasteiger partial charge in [-0.25, -0.2) is 4.79 Å². The number of nitrogens with zero attached hydrogens (tertiary/aromatic N) is 2. The van der Waals surface area contributed by atoms with Gasteiger partial charge in [0.2, 0.25) is 0 Å². The Morgan fingerprint density at radius 3 is 2.22 bits per heavy atom. The summed E-state index contributed by atoms with van der Waals surface area (Å²) in [6.07, 6.45) is 10.7. The van der Waals surface area contributed by atoms with E-state index in [0.717, 1.165) is 30.7 Å². The molecule has 2 aromatic carbocycles. The molecule has 0 aromatic heterocycles. The maximum Gasteiger partial charge on any atom is 0.335 e. The highest BCUT2D eigenvalue weighted by Crippen LogP contribution is 2.54. The van der Waals surface area contributed by atoms with Crippen molar-refractivity contribution in [3.05, 3.63) is 65.2 Å². The molecule has 168 valence electrons. The predicted molar refractivity (Wildman–Crippen MR) is 127 cm³/mol. The molecule has 4 heteroatoms. The van der Waals surface area contributed by atoms with Gasteiger partial charge in [-0.05, 0) is 105 Å². The van der Waals surface area contributed by atoms with Crippen molar-refractivity contribution >= 4 is 11.7 Å². The standard InChI is InChI=1S/C28H34N2O2/c31-27(32)21-9-11-22(12-10-21)29-16-13-28(14-17-29)18-23(19-28)30-15-3-6-26(30)25-5-2-1-4-24(25)20-7-8-20/h1-2,4-5,9-12,20,23,26H,3,6-8,13-19H2,(H,31,32). The zero-order chi connectivity index (χ0) is 21.7. The van der Waals surface area contributed by atoms with Crippen molar-refractivity contribution < 1.29 is 9.90 Å². The van der Waals surface area contributed by atoms with E-state index in [1.54, 1.807) is 23.3 Å². The third-order valence-corrected chi connectivity index (χ3v) is 8.78. The summed E-state index contributed by atoms with van der Waals surface area (Å²) in [5, 5.41) is 9.13. The van der Waals surface area contributed by atoms with Gasteiger partial charge in [-0.15, -0.1) is 0 Å². The van der Waals surface area contributed by atoms with E-state index in [1.807, 2.05) is 12.1 Å². The van der Waals surface area contributed by atoms with Gasteiger partial charge in [-0.1, -0.05) is 24.3 Å². The first-order valence-electron chi connectivity index (χ1n) is 12.5. The summed E-state index contributed by atoms with van der Waals surface area (Å²) in [5.41, 5.74) is 5.34. The lowest BCUT2D eigenvalue weighted by Crippen LogP contribution is -2.54. The van der Waals surface area contributed by atoms with Crippen LogP contribution in [0.4, 0.5) is 5.69 Å². The number of carbonyl (C=O) groups is 1. The van der Waals surface area contributed by atoms with Crippen molar-refractivity contribution in [2.45, 2.75) is 69.4 Å². The van der Waals surface area contributed by atoms with E-state index < -0.39 is 5.97 Å². The zero-order valence-corrected chi connectivity index (χ0v) is 18.9. The van der Waals surface area contributed by atoms with Crippen molar-refractivity contribution in [2.75, 3.05) is 24.5 Å². The van der Waals surface area contributed by atoms with Crippen LogP contribution in [-0.4, -0.2) is 41.7 Å². The van der Waals surface area contributed by atoms with Crippen LogP contribution in [0.25, 0.3) is 0 Å². The average molecular weight is 431 g/mol. The number of piperidine rings is 1. The maximum absolute atomic E-state index is 11.1. The Hall–Kier alpha value is -2.33. The number of hydrogen-bond donors (Lipinski definition) is 1. The van der Waals surface area contributed by atoms with E-state index >= 15 is 0 Å². The molecule has 0 amide bonds. The zero-order valence-electron chi connectivity index (χ0n) is 18.9. The summed E-state index contributed by atoms with van der Waals surface area (Å²) in [5.74, 6) is -0.0232. The molecular weight excluding hydrogens is 396 g/mol. The Labute approximate surface area is 191 Å². The van der Waals surface area contributed by atoms with Crippen LogP contribution in [0.5, 0.6) is 0 Å². The van der Waals surface area contributed by atoms with Gasteiger partial charge in [-0.3, -0.25) is 4.90 Å². The molecule has 4 fully saturated rings. The summed E-state index contributed by atoms with van der Waals surface area (Å²) >= 11 is 0. The van der Waals surface area contributed by atoms with Crippen molar-refractivity contribution in [3.63, 3.8) is 0 Å². The van der Waals surface area contributed by atoms with Gasteiger partial charge in [0.15, 0.2) is 0 Å². The van der Waals surface area contributed by atoms with Crippen LogP contribution in [-0.2, 0) is 0 Å². The van der Waals surface area contributed by atoms with Crippen molar-refractivity contribution in [3.8, 4) is 0 Å². The molecule has 2 aliphatic heterocycles. The van der Waals surface area contributed by atoms with Gasteiger partial charge in [-0.2, -0.15) is 0 Å². The summed E-state index contributed by atoms with van der Waals surface area (Å²) in [6, 6.07) is 18.1. The normalized spacial score (nSPS) is 25.8. The number of hydrogen-bond acceptors (Lipinski definition) is 3. The minimum absolute atomic E-state index is 0.368. The Bertz CT molecular complexity index is 981. The number of carboxylic acid groups (broad SMARTS) is 1. The van der Waals surface area contributed by atoms with Crippen LogP contribution < -0.4 is 4.90 Å². The molecule has 0 bridgehead atoms. The quantitative estimate of drug-likeness (QED) is 0.646. The molecule has 2 aromatic rings. The first-order chi connectivity index (χ1) is 15.6. The fourth-order valence-electron chi connectivity index (χ4n) is 6.78. The summed E-state index contributed by atoms with van der Waals surface area (Å²) in [4.78, 5) is 16.4. The topological polar surface area (TPSA) is 43.8 Å². The molecule has 1 atom stereocenters. The Kier molecular flexibility index (Phi) is 5.02. The number of rotatable bonds is 5. The van der Waals surface area contributed by atoms with E-state index in [9.17, 15) is 4.79 Å². The molecule has 4 aliphatic rings. The highest BCUT2D eigenvalue weighted by atomic mass is 16.4. The van der Waals surface area contributed by atoms with E-state index in [2.05, 4.69) is 34.1 Å². The first-order valence-corrected chi connectivity index (χ1v) is 12.5. The molecule has 6 rings (SSSR count). The number of aromatic carboxylic acids is 1. The second-order valence-electron chi connectivity index (χ2n) is 10.7. The number of likely N-dealkylation sites (tertiary alicyclic amines) is 1. The van der Waals surface area contributed by atoms with Gasteiger partial charge < -0.3 is 10.0 Å². The SMILES string of the molecule is O=C(O)c1ccc(N2CCC3(CC2)CC(N2CCCC2c2ccccc2C2CC2)C3)cc1. The largest absolute Gasteiger partial charge is 0.478 e.